The molecule has 0 bridgehead atoms. The largest absolute Gasteiger partial charge is 0.269 e. The van der Waals surface area contributed by atoms with Gasteiger partial charge in [0.05, 0.1) is 4.92 Å². The second kappa shape index (κ2) is 4.50. The zero-order valence-corrected chi connectivity index (χ0v) is 9.68. The van der Waals surface area contributed by atoms with E-state index in [9.17, 15) is 10.1 Å². The van der Waals surface area contributed by atoms with Crippen LogP contribution < -0.4 is 0 Å². The number of non-ortho nitro benzene ring substituents is 1. The first-order chi connectivity index (χ1) is 7.65. The third-order valence-corrected chi connectivity index (χ3v) is 3.07. The number of hydrogen-bond donors (Lipinski definition) is 1. The molecule has 0 amide bonds. The van der Waals surface area contributed by atoms with Crippen molar-refractivity contribution < 1.29 is 4.92 Å². The normalized spacial score (nSPS) is 10.2. The van der Waals surface area contributed by atoms with E-state index in [4.69, 9.17) is 12.2 Å². The van der Waals surface area contributed by atoms with Gasteiger partial charge in [0.25, 0.3) is 5.69 Å². The molecule has 2 rings (SSSR count). The first kappa shape index (κ1) is 10.9. The van der Waals surface area contributed by atoms with E-state index in [0.29, 0.717) is 10.4 Å². The number of nitro benzene ring substituents is 1. The molecule has 5 nitrogen and oxygen atoms in total. The van der Waals surface area contributed by atoms with Crippen LogP contribution in [-0.2, 0) is 6.42 Å². The smallest absolute Gasteiger partial charge is 0.258 e. The molecule has 0 atom stereocenters. The minimum atomic E-state index is -0.414. The van der Waals surface area contributed by atoms with Crippen LogP contribution in [0.2, 0.25) is 0 Å². The van der Waals surface area contributed by atoms with Crippen LogP contribution in [0.4, 0.5) is 5.69 Å². The molecule has 1 N–H and O–H groups in total. The average Bonchev–Trinajstić information content (AvgIpc) is 2.65. The van der Waals surface area contributed by atoms with Gasteiger partial charge in [0.15, 0.2) is 3.95 Å². The SMILES string of the molecule is O=[N+]([O-])c1ccc(Cc2n[nH]c(=S)s2)cc1. The zero-order valence-electron chi connectivity index (χ0n) is 8.04. The number of nitro groups is 1. The summed E-state index contributed by atoms with van der Waals surface area (Å²) in [7, 11) is 0. The molecule has 7 heteroatoms. The van der Waals surface area contributed by atoms with E-state index < -0.39 is 4.92 Å². The molecule has 1 aromatic carbocycles. The Hall–Kier alpha value is -1.60. The van der Waals surface area contributed by atoms with Crippen molar-refractivity contribution in [2.75, 3.05) is 0 Å². The fourth-order valence-corrected chi connectivity index (χ4v) is 2.22. The molecule has 0 saturated carbocycles. The molecule has 1 aromatic heterocycles. The lowest BCUT2D eigenvalue weighted by molar-refractivity contribution is -0.384. The zero-order chi connectivity index (χ0) is 11.5. The van der Waals surface area contributed by atoms with Gasteiger partial charge in [-0.3, -0.25) is 15.2 Å². The van der Waals surface area contributed by atoms with Gasteiger partial charge in [-0.15, -0.1) is 0 Å². The van der Waals surface area contributed by atoms with Gasteiger partial charge in [-0.05, 0) is 17.8 Å². The number of nitrogens with one attached hydrogen (secondary N) is 1. The third kappa shape index (κ3) is 2.50. The van der Waals surface area contributed by atoms with Gasteiger partial charge in [0, 0.05) is 18.6 Å². The van der Waals surface area contributed by atoms with Gasteiger partial charge in [-0.25, -0.2) is 0 Å². The Labute approximate surface area is 99.9 Å². The lowest BCUT2D eigenvalue weighted by atomic mass is 10.1. The number of benzene rings is 1. The van der Waals surface area contributed by atoms with Crippen LogP contribution in [0.15, 0.2) is 24.3 Å². The molecule has 0 radical (unpaired) electrons. The number of rotatable bonds is 3. The summed E-state index contributed by atoms with van der Waals surface area (Å²) in [4.78, 5) is 10.0. The Kier molecular flexibility index (Phi) is 3.07. The summed E-state index contributed by atoms with van der Waals surface area (Å²) in [5, 5.41) is 18.0. The summed E-state index contributed by atoms with van der Waals surface area (Å²) >= 11 is 6.32. The molecular formula is C9H7N3O2S2. The number of hydrogen-bond acceptors (Lipinski definition) is 5. The van der Waals surface area contributed by atoms with Gasteiger partial charge < -0.3 is 0 Å². The molecule has 0 unspecified atom stereocenters. The molecular weight excluding hydrogens is 246 g/mol. The lowest BCUT2D eigenvalue weighted by Gasteiger charge is -1.96. The molecule has 82 valence electrons. The standard InChI is InChI=1S/C9H7N3O2S2/c13-12(14)7-3-1-6(2-4-7)5-8-10-11-9(15)16-8/h1-4H,5H2,(H,11,15). The van der Waals surface area contributed by atoms with Crippen molar-refractivity contribution in [2.45, 2.75) is 6.42 Å². The number of aromatic amines is 1. The Bertz CT molecular complexity index is 559. The molecule has 0 aliphatic carbocycles. The van der Waals surface area contributed by atoms with Crippen molar-refractivity contribution >= 4 is 29.2 Å². The first-order valence-corrected chi connectivity index (χ1v) is 5.65. The predicted molar refractivity (Wildman–Crippen MR) is 63.2 cm³/mol. The molecule has 16 heavy (non-hydrogen) atoms. The molecule has 0 aliphatic heterocycles. The summed E-state index contributed by atoms with van der Waals surface area (Å²) < 4.78 is 0.636. The van der Waals surface area contributed by atoms with E-state index in [2.05, 4.69) is 10.2 Å². The molecule has 0 aliphatic rings. The highest BCUT2D eigenvalue weighted by molar-refractivity contribution is 7.73. The Morgan fingerprint density at radius 2 is 2.12 bits per heavy atom. The maximum Gasteiger partial charge on any atom is 0.269 e. The fourth-order valence-electron chi connectivity index (χ4n) is 1.25. The quantitative estimate of drug-likeness (QED) is 0.518. The van der Waals surface area contributed by atoms with Crippen LogP contribution in [0.25, 0.3) is 0 Å². The van der Waals surface area contributed by atoms with E-state index >= 15 is 0 Å². The van der Waals surface area contributed by atoms with Crippen LogP contribution in [0.1, 0.15) is 10.6 Å². The van der Waals surface area contributed by atoms with Crippen LogP contribution in [0.5, 0.6) is 0 Å². The number of nitrogens with zero attached hydrogens (tertiary/aromatic N) is 2. The van der Waals surface area contributed by atoms with Crippen LogP contribution in [-0.4, -0.2) is 15.1 Å². The average molecular weight is 253 g/mol. The number of aromatic nitrogens is 2. The van der Waals surface area contributed by atoms with Gasteiger partial charge in [-0.1, -0.05) is 23.5 Å². The topological polar surface area (TPSA) is 71.8 Å². The summed E-state index contributed by atoms with van der Waals surface area (Å²) in [5.74, 6) is 0. The highest BCUT2D eigenvalue weighted by Gasteiger charge is 2.05. The van der Waals surface area contributed by atoms with Crippen LogP contribution in [0, 0.1) is 14.1 Å². The molecule has 2 aromatic rings. The Morgan fingerprint density at radius 1 is 1.44 bits per heavy atom. The summed E-state index contributed by atoms with van der Waals surface area (Å²) in [6.45, 7) is 0. The van der Waals surface area contributed by atoms with Crippen LogP contribution in [0.3, 0.4) is 0 Å². The second-order valence-electron chi connectivity index (χ2n) is 3.11. The van der Waals surface area contributed by atoms with Crippen molar-refractivity contribution in [1.29, 1.82) is 0 Å². The van der Waals surface area contributed by atoms with Crippen molar-refractivity contribution in [3.8, 4) is 0 Å². The predicted octanol–water partition coefficient (Wildman–Crippen LogP) is 2.70. The van der Waals surface area contributed by atoms with Crippen LogP contribution >= 0.6 is 23.6 Å². The van der Waals surface area contributed by atoms with Crippen molar-refractivity contribution in [2.24, 2.45) is 0 Å². The Balaban J connectivity index is 2.17. The fraction of sp³-hybridized carbons (Fsp3) is 0.111. The van der Waals surface area contributed by atoms with Gasteiger partial charge in [-0.2, -0.15) is 5.10 Å². The minimum Gasteiger partial charge on any atom is -0.258 e. The summed E-state index contributed by atoms with van der Waals surface area (Å²) in [6, 6.07) is 6.42. The summed E-state index contributed by atoms with van der Waals surface area (Å²) in [6.07, 6.45) is 0.635. The van der Waals surface area contributed by atoms with E-state index in [1.807, 2.05) is 0 Å². The molecule has 0 saturated heterocycles. The first-order valence-electron chi connectivity index (χ1n) is 4.43. The molecule has 1 heterocycles. The van der Waals surface area contributed by atoms with E-state index in [0.717, 1.165) is 10.6 Å². The van der Waals surface area contributed by atoms with Crippen molar-refractivity contribution in [3.63, 3.8) is 0 Å². The minimum absolute atomic E-state index is 0.0957. The maximum absolute atomic E-state index is 10.5. The second-order valence-corrected chi connectivity index (χ2v) is 4.86. The van der Waals surface area contributed by atoms with E-state index in [1.165, 1.54) is 23.5 Å². The monoisotopic (exact) mass is 253 g/mol. The van der Waals surface area contributed by atoms with Crippen molar-refractivity contribution in [3.05, 3.63) is 48.9 Å². The summed E-state index contributed by atoms with van der Waals surface area (Å²) in [5.41, 5.74) is 1.07. The Morgan fingerprint density at radius 3 is 2.62 bits per heavy atom. The number of H-pyrrole nitrogens is 1. The highest BCUT2D eigenvalue weighted by Crippen LogP contribution is 2.16. The highest BCUT2D eigenvalue weighted by atomic mass is 32.1. The lowest BCUT2D eigenvalue weighted by Crippen LogP contribution is -1.90. The van der Waals surface area contributed by atoms with Crippen molar-refractivity contribution in [1.82, 2.24) is 10.2 Å². The van der Waals surface area contributed by atoms with Gasteiger partial charge in [0.2, 0.25) is 0 Å². The molecule has 0 spiro atoms. The van der Waals surface area contributed by atoms with E-state index in [-0.39, 0.29) is 5.69 Å². The molecule has 0 fully saturated rings. The van der Waals surface area contributed by atoms with Gasteiger partial charge >= 0.3 is 0 Å². The van der Waals surface area contributed by atoms with E-state index in [1.54, 1.807) is 12.1 Å². The van der Waals surface area contributed by atoms with Gasteiger partial charge in [0.1, 0.15) is 5.01 Å². The third-order valence-electron chi connectivity index (χ3n) is 1.98. The maximum atomic E-state index is 10.5.